The largest absolute Gasteiger partial charge is 0.322 e. The number of anilines is 1. The number of carbonyl (C=O) groups is 1. The predicted molar refractivity (Wildman–Crippen MR) is 110 cm³/mol. The highest BCUT2D eigenvalue weighted by molar-refractivity contribution is 6.02. The minimum atomic E-state index is -0.491. The van der Waals surface area contributed by atoms with Crippen LogP contribution in [0.3, 0.4) is 0 Å². The Bertz CT molecular complexity index is 1150. The molecule has 1 amide bonds. The molecule has 0 aliphatic carbocycles. The van der Waals surface area contributed by atoms with Crippen molar-refractivity contribution in [2.45, 2.75) is 13.3 Å². The summed E-state index contributed by atoms with van der Waals surface area (Å²) >= 11 is 0. The summed E-state index contributed by atoms with van der Waals surface area (Å²) in [5.74, 6) is 0.0370. The van der Waals surface area contributed by atoms with E-state index in [0.717, 1.165) is 0 Å². The molecule has 0 aliphatic heterocycles. The van der Waals surface area contributed by atoms with Crippen molar-refractivity contribution >= 4 is 23.4 Å². The highest BCUT2D eigenvalue weighted by Crippen LogP contribution is 2.19. The third-order valence-electron chi connectivity index (χ3n) is 4.07. The fourth-order valence-corrected chi connectivity index (χ4v) is 2.67. The number of hydrogen-bond donors (Lipinski definition) is 2. The molecule has 0 bridgehead atoms. The zero-order valence-corrected chi connectivity index (χ0v) is 15.6. The molecule has 2 aromatic carbocycles. The van der Waals surface area contributed by atoms with Crippen LogP contribution in [-0.4, -0.2) is 20.8 Å². The van der Waals surface area contributed by atoms with Gasteiger partial charge in [-0.2, -0.15) is 0 Å². The molecule has 0 saturated carbocycles. The van der Waals surface area contributed by atoms with E-state index in [4.69, 9.17) is 0 Å². The number of rotatable bonds is 6. The Balaban J connectivity index is 1.76. The molecule has 0 atom stereocenters. The Kier molecular flexibility index (Phi) is 5.94. The number of non-ortho nitro benzene ring substituents is 1. The van der Waals surface area contributed by atoms with Crippen LogP contribution in [0.5, 0.6) is 0 Å². The van der Waals surface area contributed by atoms with Crippen LogP contribution in [0.2, 0.25) is 0 Å². The lowest BCUT2D eigenvalue weighted by Gasteiger charge is -2.06. The van der Waals surface area contributed by atoms with Gasteiger partial charge in [0.1, 0.15) is 5.82 Å². The van der Waals surface area contributed by atoms with E-state index < -0.39 is 10.8 Å². The van der Waals surface area contributed by atoms with Gasteiger partial charge in [0.15, 0.2) is 0 Å². The molecule has 0 fully saturated rings. The van der Waals surface area contributed by atoms with Crippen LogP contribution in [0.4, 0.5) is 11.4 Å². The van der Waals surface area contributed by atoms with Gasteiger partial charge in [-0.1, -0.05) is 31.2 Å². The van der Waals surface area contributed by atoms with E-state index in [1.807, 2.05) is 6.92 Å². The Morgan fingerprint density at radius 3 is 2.76 bits per heavy atom. The maximum atomic E-state index is 12.2. The summed E-state index contributed by atoms with van der Waals surface area (Å²) in [6, 6.07) is 14.4. The van der Waals surface area contributed by atoms with Crippen molar-refractivity contribution in [3.05, 3.63) is 92.4 Å². The average molecular weight is 390 g/mol. The highest BCUT2D eigenvalue weighted by Gasteiger charge is 2.07. The number of nitrogens with one attached hydrogen (secondary N) is 2. The third-order valence-corrected chi connectivity index (χ3v) is 4.07. The molecule has 0 unspecified atom stereocenters. The number of carbonyl (C=O) groups excluding carboxylic acids is 1. The Morgan fingerprint density at radius 1 is 1.21 bits per heavy atom. The molecule has 8 nitrogen and oxygen atoms in total. The van der Waals surface area contributed by atoms with Gasteiger partial charge in [-0.05, 0) is 30.2 Å². The van der Waals surface area contributed by atoms with Gasteiger partial charge in [0, 0.05) is 41.2 Å². The molecule has 0 spiro atoms. The first kappa shape index (κ1) is 19.7. The first-order valence-electron chi connectivity index (χ1n) is 8.89. The summed E-state index contributed by atoms with van der Waals surface area (Å²) in [6.07, 6.45) is 3.43. The number of aromatic amines is 1. The molecule has 146 valence electrons. The van der Waals surface area contributed by atoms with Crippen LogP contribution in [0.15, 0.2) is 65.5 Å². The Hall–Kier alpha value is -4.07. The van der Waals surface area contributed by atoms with Gasteiger partial charge >= 0.3 is 0 Å². The van der Waals surface area contributed by atoms with Crippen LogP contribution in [0, 0.1) is 10.1 Å². The summed E-state index contributed by atoms with van der Waals surface area (Å²) in [4.78, 5) is 41.4. The number of amides is 1. The Morgan fingerprint density at radius 2 is 2.00 bits per heavy atom. The lowest BCUT2D eigenvalue weighted by molar-refractivity contribution is -0.384. The lowest BCUT2D eigenvalue weighted by atomic mass is 10.1. The quantitative estimate of drug-likeness (QED) is 0.379. The third kappa shape index (κ3) is 5.23. The molecular weight excluding hydrogens is 372 g/mol. The first-order valence-corrected chi connectivity index (χ1v) is 8.89. The maximum absolute atomic E-state index is 12.2. The molecule has 8 heteroatoms. The van der Waals surface area contributed by atoms with Crippen molar-refractivity contribution in [2.24, 2.45) is 0 Å². The minimum Gasteiger partial charge on any atom is -0.322 e. The SMILES string of the molecule is CCc1cc(=O)[nH]c(-c2cccc(NC(=O)C=Cc3cccc([N+](=O)[O-])c3)c2)n1. The van der Waals surface area contributed by atoms with Crippen LogP contribution in [0.1, 0.15) is 18.2 Å². The first-order chi connectivity index (χ1) is 13.9. The van der Waals surface area contributed by atoms with E-state index >= 15 is 0 Å². The standard InChI is InChI=1S/C21H18N4O4/c1-2-16-13-20(27)24-21(23-16)15-6-4-7-17(12-15)22-19(26)10-9-14-5-3-8-18(11-14)25(28)29/h3-13H,2H2,1H3,(H,22,26)(H,23,24,27). The summed E-state index contributed by atoms with van der Waals surface area (Å²) in [6.45, 7) is 1.91. The van der Waals surface area contributed by atoms with Crippen molar-refractivity contribution in [3.8, 4) is 11.4 Å². The molecular formula is C21H18N4O4. The van der Waals surface area contributed by atoms with Crippen LogP contribution < -0.4 is 10.9 Å². The van der Waals surface area contributed by atoms with Crippen LogP contribution >= 0.6 is 0 Å². The number of H-pyrrole nitrogens is 1. The second kappa shape index (κ2) is 8.75. The van der Waals surface area contributed by atoms with Crippen molar-refractivity contribution < 1.29 is 9.72 Å². The summed E-state index contributed by atoms with van der Waals surface area (Å²) in [5, 5.41) is 13.5. The van der Waals surface area contributed by atoms with Gasteiger partial charge < -0.3 is 10.3 Å². The van der Waals surface area contributed by atoms with E-state index in [1.165, 1.54) is 30.4 Å². The molecule has 0 radical (unpaired) electrons. The van der Waals surface area contributed by atoms with Crippen molar-refractivity contribution in [1.82, 2.24) is 9.97 Å². The summed E-state index contributed by atoms with van der Waals surface area (Å²) in [7, 11) is 0. The number of nitro benzene ring substituents is 1. The molecule has 0 aliphatic rings. The van der Waals surface area contributed by atoms with Gasteiger partial charge in [0.25, 0.3) is 11.2 Å². The topological polar surface area (TPSA) is 118 Å². The maximum Gasteiger partial charge on any atom is 0.270 e. The predicted octanol–water partition coefficient (Wildman–Crippen LogP) is 3.56. The molecule has 1 heterocycles. The van der Waals surface area contributed by atoms with E-state index in [9.17, 15) is 19.7 Å². The van der Waals surface area contributed by atoms with Crippen molar-refractivity contribution in [3.63, 3.8) is 0 Å². The number of nitro groups is 1. The lowest BCUT2D eigenvalue weighted by Crippen LogP contribution is -2.10. The molecule has 3 rings (SSSR count). The van der Waals surface area contributed by atoms with Crippen molar-refractivity contribution in [2.75, 3.05) is 5.32 Å². The second-order valence-electron chi connectivity index (χ2n) is 6.19. The number of aryl methyl sites for hydroxylation is 1. The van der Waals surface area contributed by atoms with Crippen molar-refractivity contribution in [1.29, 1.82) is 0 Å². The average Bonchev–Trinajstić information content (AvgIpc) is 2.72. The van der Waals surface area contributed by atoms with Crippen LogP contribution in [0.25, 0.3) is 17.5 Å². The van der Waals surface area contributed by atoms with Gasteiger partial charge in [-0.3, -0.25) is 19.7 Å². The fourth-order valence-electron chi connectivity index (χ4n) is 2.67. The summed E-state index contributed by atoms with van der Waals surface area (Å²) < 4.78 is 0. The second-order valence-corrected chi connectivity index (χ2v) is 6.19. The van der Waals surface area contributed by atoms with E-state index in [-0.39, 0.29) is 11.2 Å². The number of aromatic nitrogens is 2. The highest BCUT2D eigenvalue weighted by atomic mass is 16.6. The molecule has 3 aromatic rings. The van der Waals surface area contributed by atoms with E-state index in [2.05, 4.69) is 15.3 Å². The fraction of sp³-hybridized carbons (Fsp3) is 0.0952. The zero-order valence-electron chi connectivity index (χ0n) is 15.6. The monoisotopic (exact) mass is 390 g/mol. The molecule has 1 aromatic heterocycles. The van der Waals surface area contributed by atoms with Gasteiger partial charge in [0.05, 0.1) is 4.92 Å². The minimum absolute atomic E-state index is 0.0453. The smallest absolute Gasteiger partial charge is 0.270 e. The number of hydrogen-bond acceptors (Lipinski definition) is 5. The normalized spacial score (nSPS) is 10.8. The zero-order chi connectivity index (χ0) is 20.8. The number of nitrogens with zero attached hydrogens (tertiary/aromatic N) is 2. The Labute approximate surface area is 166 Å². The van der Waals surface area contributed by atoms with Gasteiger partial charge in [0.2, 0.25) is 5.91 Å². The number of benzene rings is 2. The molecule has 2 N–H and O–H groups in total. The van der Waals surface area contributed by atoms with E-state index in [1.54, 1.807) is 36.4 Å². The van der Waals surface area contributed by atoms with Crippen LogP contribution in [-0.2, 0) is 11.2 Å². The van der Waals surface area contributed by atoms with Gasteiger partial charge in [-0.25, -0.2) is 4.98 Å². The van der Waals surface area contributed by atoms with Gasteiger partial charge in [-0.15, -0.1) is 0 Å². The summed E-state index contributed by atoms with van der Waals surface area (Å²) in [5.41, 5.74) is 2.13. The molecule has 0 saturated heterocycles. The molecule has 29 heavy (non-hydrogen) atoms. The van der Waals surface area contributed by atoms with E-state index in [0.29, 0.717) is 34.8 Å².